The first-order valence-electron chi connectivity index (χ1n) is 45.4. The van der Waals surface area contributed by atoms with E-state index >= 15 is 13.2 Å². The lowest BCUT2D eigenvalue weighted by Gasteiger charge is -2.38. The molecule has 11 atom stereocenters. The zero-order chi connectivity index (χ0) is 98.6. The maximum Gasteiger partial charge on any atom is 0.322 e. The van der Waals surface area contributed by atoms with Crippen LogP contribution >= 0.6 is 12.4 Å². The molecule has 31 nitrogen and oxygen atoms in total. The maximum absolute atomic E-state index is 15.5. The average molecular weight is 1950 g/mol. The van der Waals surface area contributed by atoms with Gasteiger partial charge in [0, 0.05) is 80.9 Å². The Labute approximate surface area is 811 Å². The Bertz CT molecular complexity index is 6180. The number of nitrogens with zero attached hydrogens (tertiary/aromatic N) is 7. The van der Waals surface area contributed by atoms with Crippen molar-refractivity contribution >= 4 is 121 Å². The van der Waals surface area contributed by atoms with E-state index in [1.807, 2.05) is 59.7 Å². The number of rotatable bonds is 29. The number of aliphatic hydroxyl groups excluding tert-OH is 3. The van der Waals surface area contributed by atoms with Gasteiger partial charge in [0.15, 0.2) is 0 Å². The van der Waals surface area contributed by atoms with Crippen molar-refractivity contribution in [3.8, 4) is 18.2 Å². The predicted molar refractivity (Wildman–Crippen MR) is 528 cm³/mol. The highest BCUT2D eigenvalue weighted by atomic mass is 35.5. The van der Waals surface area contributed by atoms with Crippen molar-refractivity contribution in [3.05, 3.63) is 278 Å². The number of hydrogen-bond acceptors (Lipinski definition) is 19. The molecule has 15 rings (SSSR count). The van der Waals surface area contributed by atoms with Crippen molar-refractivity contribution in [2.45, 2.75) is 200 Å². The molecule has 9 aromatic rings. The largest absolute Gasteiger partial charge is 0.399 e. The van der Waals surface area contributed by atoms with Crippen LogP contribution in [0.5, 0.6) is 0 Å². The van der Waals surface area contributed by atoms with Crippen molar-refractivity contribution < 1.29 is 72.0 Å². The molecule has 9 amide bonds. The molecule has 3 saturated carbocycles. The van der Waals surface area contributed by atoms with Crippen molar-refractivity contribution in [3.63, 3.8) is 0 Å². The number of likely N-dealkylation sites (tertiary alicyclic amines) is 3. The van der Waals surface area contributed by atoms with Gasteiger partial charge >= 0.3 is 18.1 Å². The zero-order valence-corrected chi connectivity index (χ0v) is 79.6. The molecule has 138 heavy (non-hydrogen) atoms. The number of nitrogen functional groups attached to an aromatic ring is 2. The van der Waals surface area contributed by atoms with Crippen LogP contribution < -0.4 is 58.5 Å². The summed E-state index contributed by atoms with van der Waals surface area (Å²) in [6, 6.07) is 53.7. The molecule has 3 unspecified atom stereocenters. The van der Waals surface area contributed by atoms with E-state index in [0.717, 1.165) is 68.3 Å². The van der Waals surface area contributed by atoms with E-state index < -0.39 is 143 Å². The number of β-amino-alcohol motifs (C(OH)–C–C–N with tert-alkyl or cyclic N) is 3. The third-order valence-corrected chi connectivity index (χ3v) is 28.7. The number of anilines is 8. The molecule has 0 bridgehead atoms. The summed E-state index contributed by atoms with van der Waals surface area (Å²) in [5.74, 6) is -2.52. The molecule has 728 valence electrons. The number of halogens is 4. The third-order valence-electron chi connectivity index (χ3n) is 25.4. The van der Waals surface area contributed by atoms with Crippen LogP contribution in [-0.4, -0.2) is 145 Å². The van der Waals surface area contributed by atoms with Gasteiger partial charge in [0.1, 0.15) is 35.6 Å². The first-order chi connectivity index (χ1) is 65.1. The summed E-state index contributed by atoms with van der Waals surface area (Å²) in [5, 5.41) is 86.9. The lowest BCUT2D eigenvalue weighted by molar-refractivity contribution is -0.384. The number of carbonyl (C=O) groups is 6. The normalized spacial score (nSPS) is 19.5. The van der Waals surface area contributed by atoms with Gasteiger partial charge in [-0.15, -0.1) is 12.4 Å². The van der Waals surface area contributed by atoms with Gasteiger partial charge in [0.2, 0.25) is 17.7 Å². The van der Waals surface area contributed by atoms with Gasteiger partial charge in [-0.25, -0.2) is 45.4 Å². The number of hydrogen-bond donors (Lipinski definition) is 14. The lowest BCUT2D eigenvalue weighted by atomic mass is 9.79. The monoisotopic (exact) mass is 1940 g/mol. The first-order valence-corrected chi connectivity index (χ1v) is 47.7. The third kappa shape index (κ3) is 26.0. The van der Waals surface area contributed by atoms with Crippen LogP contribution in [0, 0.1) is 79.3 Å². The Morgan fingerprint density at radius 2 is 0.717 bits per heavy atom. The zero-order valence-electron chi connectivity index (χ0n) is 77.1. The number of benzene rings is 9. The molecule has 9 aromatic carbocycles. The SMILES string of the molecule is CC(C)(C)[S@@](=O)NC(CCC1CC1)(c1cccc(C#N)c1)c1ccc(F)c(NC(=O)[C@H]2C[C@@H](O)CN2C(=O)Nc2ccc(N)cc2)c1.CC(C)(C)[S@@](=O)NC(CCC1CC1)(c1cccc(C#N)c1)c1ccc(F)c(NC(=O)[C@H]2C[C@@H](O)CN2C(=O)Nc2ccc([N+](=O)[O-])cc2)c1.Cl.N#Cc1cccc(C(N)(CCC2CC2)c2ccc(F)c(NC(=O)[C@H]3C[C@@H](O)CN3C(=O)Nc3ccc(N)cc3)c2)c1.[HH]. The van der Waals surface area contributed by atoms with Crippen LogP contribution in [0.1, 0.15) is 189 Å². The molecule has 3 saturated heterocycles. The quantitative estimate of drug-likeness (QED) is 0.0118. The molecule has 3 aliphatic carbocycles. The number of non-ortho nitro benzene ring substituents is 1. The van der Waals surface area contributed by atoms with E-state index in [4.69, 9.17) is 17.2 Å². The molecule has 0 aromatic heterocycles. The molecule has 6 fully saturated rings. The minimum Gasteiger partial charge on any atom is -0.399 e. The van der Waals surface area contributed by atoms with Crippen LogP contribution in [0.3, 0.4) is 0 Å². The van der Waals surface area contributed by atoms with Gasteiger partial charge in [-0.3, -0.25) is 24.5 Å². The minimum atomic E-state index is -1.60. The molecule has 17 N–H and O–H groups in total. The molecule has 3 heterocycles. The van der Waals surface area contributed by atoms with Gasteiger partial charge in [-0.1, -0.05) is 93.1 Å². The molecular formula is C101H116ClF3N18O13S2. The van der Waals surface area contributed by atoms with Gasteiger partial charge in [0.05, 0.1) is 123 Å². The fraction of sp³-hybridized carbons (Fsp3) is 0.376. The van der Waals surface area contributed by atoms with Crippen LogP contribution in [0.25, 0.3) is 0 Å². The lowest BCUT2D eigenvalue weighted by Crippen LogP contribution is -2.49. The molecule has 37 heteroatoms. The molecule has 0 radical (unpaired) electrons. The summed E-state index contributed by atoms with van der Waals surface area (Å²) in [6.07, 6.45) is 7.68. The second-order valence-corrected chi connectivity index (χ2v) is 41.8. The summed E-state index contributed by atoms with van der Waals surface area (Å²) >= 11 is 0. The topological polar surface area (TPSA) is 496 Å². The molecule has 0 spiro atoms. The number of aliphatic hydroxyl groups is 3. The van der Waals surface area contributed by atoms with E-state index in [0.29, 0.717) is 104 Å². The van der Waals surface area contributed by atoms with E-state index in [1.165, 1.54) is 70.5 Å². The summed E-state index contributed by atoms with van der Waals surface area (Å²) in [7, 11) is -3.16. The Balaban J connectivity index is 0.000000199. The van der Waals surface area contributed by atoms with Crippen molar-refractivity contribution in [2.75, 3.05) is 63.0 Å². The van der Waals surface area contributed by atoms with Gasteiger partial charge < -0.3 is 79.1 Å². The second kappa shape index (κ2) is 44.5. The molecule has 6 aliphatic rings. The highest BCUT2D eigenvalue weighted by Crippen LogP contribution is 2.47. The highest BCUT2D eigenvalue weighted by molar-refractivity contribution is 7.84. The number of nitro groups is 1. The van der Waals surface area contributed by atoms with E-state index in [9.17, 15) is 78.4 Å². The minimum absolute atomic E-state index is 0. The van der Waals surface area contributed by atoms with Crippen LogP contribution in [0.15, 0.2) is 200 Å². The number of nitriles is 3. The standard InChI is InChI=1S/C35H39FN6O6S.C35H41FN6O4S.C31H33FN6O3.ClH.H2/c1-34(2,3)49(48)40-35(16-15-22-7-8-22,24-6-4-5-23(17-24)20-37)25-9-14-29(36)30(18-25)39-32(44)31-19-28(43)21-41(31)33(45)38-26-10-12-27(13-11-26)42(46)47;1-34(2,3)47(46)41-35(16-15-22-7-8-22,24-6-4-5-23(17-24)20-37)25-9-14-29(36)30(18-25)40-32(44)31-19-28(43)21-42(31)33(45)39-27-12-10-26(38)11-13-27;32-26-11-6-22(31(35,13-12-19-4-5-19)21-3-1-2-20(14-21)17-33)15-27(26)37-29(40)28-16-25(39)18-38(28)30(41)36-24-9-7-23(34)8-10-24;;/h4-6,9-14,17-18,22,28,31,40,43H,7-8,15-16,19,21H2,1-3H3,(H,38,45)(H,39,44);4-6,9-14,17-18,22,28,31,41,43H,7-8,15-16,19,21,38H2,1-3H3,(H,39,45)(H,40,44);1-3,6-11,14-15,19,25,28,39H,4-5,12-13,16,18,34-35H2,(H,36,41)(H,37,40);2*1H/t28-,31-,35?,49-;28-,31-,35?,47-;25-,28-,31?;;/m111../s1. The predicted octanol–water partition coefficient (Wildman–Crippen LogP) is 16.0. The number of urea groups is 3. The Kier molecular flexibility index (Phi) is 33.5. The first kappa shape index (κ1) is 104. The van der Waals surface area contributed by atoms with Crippen molar-refractivity contribution in [1.82, 2.24) is 24.1 Å². The fourth-order valence-electron chi connectivity index (χ4n) is 17.0. The van der Waals surface area contributed by atoms with Crippen LogP contribution in [-0.2, 0) is 53.0 Å². The average Bonchev–Trinajstić information content (AvgIpc) is 1.74. The Morgan fingerprint density at radius 1 is 0.435 bits per heavy atom. The van der Waals surface area contributed by atoms with Gasteiger partial charge in [0.25, 0.3) is 5.69 Å². The summed E-state index contributed by atoms with van der Waals surface area (Å²) in [5.41, 5.74) is 22.0. The Hall–Kier alpha value is -13.2. The number of carbonyl (C=O) groups excluding carboxylic acids is 6. The smallest absolute Gasteiger partial charge is 0.322 e. The fourth-order valence-corrected chi connectivity index (χ4v) is 18.9. The van der Waals surface area contributed by atoms with Crippen molar-refractivity contribution in [2.24, 2.45) is 23.5 Å². The summed E-state index contributed by atoms with van der Waals surface area (Å²) in [4.78, 5) is 94.0. The van der Waals surface area contributed by atoms with E-state index in [1.54, 1.807) is 121 Å². The number of nitrogens with one attached hydrogen (secondary N) is 8. The molecular weight excluding hydrogens is 1830 g/mol. The van der Waals surface area contributed by atoms with Gasteiger partial charge in [-0.2, -0.15) is 15.8 Å². The van der Waals surface area contributed by atoms with Crippen LogP contribution in [0.4, 0.5) is 78.7 Å². The highest BCUT2D eigenvalue weighted by Gasteiger charge is 2.47. The molecule has 3 aliphatic heterocycles. The second-order valence-electron chi connectivity index (χ2n) is 37.8. The Morgan fingerprint density at radius 3 is 1.03 bits per heavy atom. The van der Waals surface area contributed by atoms with Crippen molar-refractivity contribution in [1.29, 1.82) is 15.8 Å². The maximum atomic E-state index is 15.5. The van der Waals surface area contributed by atoms with E-state index in [-0.39, 0.29) is 81.2 Å². The number of amides is 9. The summed E-state index contributed by atoms with van der Waals surface area (Å²) < 4.78 is 78.9. The van der Waals surface area contributed by atoms with Crippen LogP contribution in [0.2, 0.25) is 0 Å². The van der Waals surface area contributed by atoms with E-state index in [2.05, 4.69) is 59.6 Å². The summed E-state index contributed by atoms with van der Waals surface area (Å²) in [6.45, 7) is 10.8. The number of nitro benzene ring substituents is 1. The number of nitrogens with two attached hydrogens (primary N) is 3. The van der Waals surface area contributed by atoms with Gasteiger partial charge in [-0.05, 0) is 265 Å².